The van der Waals surface area contributed by atoms with Gasteiger partial charge < -0.3 is 9.47 Å². The van der Waals surface area contributed by atoms with Crippen LogP contribution in [0.4, 0.5) is 4.39 Å². The summed E-state index contributed by atoms with van der Waals surface area (Å²) in [5, 5.41) is -0.721. The Morgan fingerprint density at radius 1 is 0.794 bits per heavy atom. The van der Waals surface area contributed by atoms with Crippen molar-refractivity contribution < 1.29 is 30.7 Å². The van der Waals surface area contributed by atoms with Crippen molar-refractivity contribution in [2.24, 2.45) is 0 Å². The van der Waals surface area contributed by atoms with Gasteiger partial charge in [0.05, 0.1) is 22.2 Å². The van der Waals surface area contributed by atoms with E-state index in [0.717, 1.165) is 12.1 Å². The van der Waals surface area contributed by atoms with Gasteiger partial charge in [0, 0.05) is 13.1 Å². The lowest BCUT2D eigenvalue weighted by Crippen LogP contribution is -2.42. The molecule has 1 aliphatic heterocycles. The van der Waals surface area contributed by atoms with Crippen molar-refractivity contribution in [2.45, 2.75) is 27.9 Å². The molecule has 0 radical (unpaired) electrons. The average molecular weight is 506 g/mol. The number of halogens is 1. The van der Waals surface area contributed by atoms with E-state index >= 15 is 0 Å². The molecule has 4 rings (SSSR count). The summed E-state index contributed by atoms with van der Waals surface area (Å²) in [6.07, 6.45) is 0.321. The van der Waals surface area contributed by atoms with Gasteiger partial charge in [0.1, 0.15) is 11.6 Å². The normalized spacial score (nSPS) is 15.7. The van der Waals surface area contributed by atoms with Gasteiger partial charge in [-0.2, -0.15) is 4.31 Å². The Bertz CT molecular complexity index is 1350. The molecule has 0 aromatic heterocycles. The average Bonchev–Trinajstić information content (AvgIpc) is 2.85. The van der Waals surface area contributed by atoms with Gasteiger partial charge in [-0.05, 0) is 73.5 Å². The first-order valence-corrected chi connectivity index (χ1v) is 13.6. The van der Waals surface area contributed by atoms with Gasteiger partial charge >= 0.3 is 0 Å². The summed E-state index contributed by atoms with van der Waals surface area (Å²) in [6, 6.07) is 17.8. The molecule has 1 aliphatic rings. The molecule has 0 bridgehead atoms. The Labute approximate surface area is 198 Å². The molecule has 0 aliphatic carbocycles. The van der Waals surface area contributed by atoms with Crippen LogP contribution >= 0.6 is 0 Å². The van der Waals surface area contributed by atoms with Gasteiger partial charge in [-0.25, -0.2) is 21.2 Å². The number of sulfone groups is 1. The fourth-order valence-electron chi connectivity index (χ4n) is 3.86. The minimum Gasteiger partial charge on any atom is -0.493 e. The predicted octanol–water partition coefficient (Wildman–Crippen LogP) is 4.25. The van der Waals surface area contributed by atoms with E-state index in [4.69, 9.17) is 9.47 Å². The fourth-order valence-corrected chi connectivity index (χ4v) is 7.06. The topological polar surface area (TPSA) is 90.0 Å². The molecular formula is C24H24FNO6S2. The number of nitrogens with zero attached hydrogens (tertiary/aromatic N) is 1. The van der Waals surface area contributed by atoms with Crippen molar-refractivity contribution >= 4 is 19.9 Å². The maximum Gasteiger partial charge on any atom is 0.243 e. The molecule has 7 nitrogen and oxygen atoms in total. The number of para-hydroxylation sites is 2. The van der Waals surface area contributed by atoms with Crippen molar-refractivity contribution in [3.63, 3.8) is 0 Å². The molecule has 0 N–H and O–H groups in total. The van der Waals surface area contributed by atoms with Crippen molar-refractivity contribution in [3.05, 3.63) is 78.6 Å². The summed E-state index contributed by atoms with van der Waals surface area (Å²) >= 11 is 0. The van der Waals surface area contributed by atoms with Crippen LogP contribution in [0.2, 0.25) is 0 Å². The number of methoxy groups -OCH3 is 1. The van der Waals surface area contributed by atoms with Crippen LogP contribution in [0.1, 0.15) is 12.8 Å². The summed E-state index contributed by atoms with van der Waals surface area (Å²) in [5.74, 6) is 0.995. The third kappa shape index (κ3) is 4.94. The van der Waals surface area contributed by atoms with Crippen molar-refractivity contribution in [2.75, 3.05) is 20.2 Å². The second-order valence-corrected chi connectivity index (χ2v) is 12.0. The molecule has 3 aromatic carbocycles. The molecule has 0 atom stereocenters. The molecule has 0 spiro atoms. The lowest BCUT2D eigenvalue weighted by Gasteiger charge is -2.31. The lowest BCUT2D eigenvalue weighted by molar-refractivity contribution is 0.345. The highest BCUT2D eigenvalue weighted by Gasteiger charge is 2.35. The summed E-state index contributed by atoms with van der Waals surface area (Å²) in [7, 11) is -5.93. The van der Waals surface area contributed by atoms with E-state index < -0.39 is 30.9 Å². The van der Waals surface area contributed by atoms with Crippen molar-refractivity contribution in [1.82, 2.24) is 4.31 Å². The molecule has 0 saturated carbocycles. The van der Waals surface area contributed by atoms with Crippen molar-refractivity contribution in [1.29, 1.82) is 0 Å². The van der Waals surface area contributed by atoms with Gasteiger partial charge in [-0.3, -0.25) is 0 Å². The van der Waals surface area contributed by atoms with Crippen molar-refractivity contribution in [3.8, 4) is 17.2 Å². The molecule has 180 valence electrons. The number of hydrogen-bond donors (Lipinski definition) is 0. The minimum absolute atomic E-state index is 0.0424. The molecule has 3 aromatic rings. The maximum atomic E-state index is 13.1. The Balaban J connectivity index is 1.43. The molecule has 0 unspecified atom stereocenters. The number of benzene rings is 3. The van der Waals surface area contributed by atoms with E-state index in [-0.39, 0.29) is 35.7 Å². The fraction of sp³-hybridized carbons (Fsp3) is 0.250. The van der Waals surface area contributed by atoms with E-state index in [1.165, 1.54) is 35.7 Å². The smallest absolute Gasteiger partial charge is 0.243 e. The maximum absolute atomic E-state index is 13.1. The first kappa shape index (κ1) is 24.2. The Morgan fingerprint density at radius 2 is 1.35 bits per heavy atom. The van der Waals surface area contributed by atoms with Gasteiger partial charge in [0.25, 0.3) is 0 Å². The van der Waals surface area contributed by atoms with Crippen LogP contribution in [0.15, 0.2) is 82.6 Å². The molecule has 34 heavy (non-hydrogen) atoms. The van der Waals surface area contributed by atoms with E-state index in [9.17, 15) is 21.2 Å². The Kier molecular flexibility index (Phi) is 6.92. The highest BCUT2D eigenvalue weighted by atomic mass is 32.2. The summed E-state index contributed by atoms with van der Waals surface area (Å²) < 4.78 is 77.4. The van der Waals surface area contributed by atoms with Gasteiger partial charge in [-0.1, -0.05) is 12.1 Å². The standard InChI is InChI=1S/C24H24FNO6S2/c1-31-23-4-2-3-5-24(23)32-19-8-12-22(13-9-19)34(29,30)26-16-14-21(15-17-26)33(27,28)20-10-6-18(25)7-11-20/h2-13,21H,14-17H2,1H3. The van der Waals surface area contributed by atoms with Crippen LogP contribution < -0.4 is 9.47 Å². The van der Waals surface area contributed by atoms with Crippen LogP contribution in [0.5, 0.6) is 17.2 Å². The second-order valence-electron chi connectivity index (χ2n) is 7.83. The van der Waals surface area contributed by atoms with E-state index in [2.05, 4.69) is 0 Å². The zero-order valence-corrected chi connectivity index (χ0v) is 20.1. The lowest BCUT2D eigenvalue weighted by atomic mass is 10.2. The third-order valence-corrected chi connectivity index (χ3v) is 9.93. The molecule has 1 heterocycles. The van der Waals surface area contributed by atoms with E-state index in [1.807, 2.05) is 6.07 Å². The zero-order valence-electron chi connectivity index (χ0n) is 18.4. The number of rotatable bonds is 7. The Hall–Kier alpha value is -2.95. The van der Waals surface area contributed by atoms with E-state index in [1.54, 1.807) is 30.3 Å². The zero-order chi connectivity index (χ0) is 24.3. The second kappa shape index (κ2) is 9.73. The Morgan fingerprint density at radius 3 is 1.94 bits per heavy atom. The minimum atomic E-state index is -3.79. The van der Waals surface area contributed by atoms with Crippen LogP contribution in [-0.2, 0) is 19.9 Å². The highest BCUT2D eigenvalue weighted by molar-refractivity contribution is 7.92. The largest absolute Gasteiger partial charge is 0.493 e. The first-order chi connectivity index (χ1) is 16.2. The van der Waals surface area contributed by atoms with Gasteiger partial charge in [0.2, 0.25) is 10.0 Å². The predicted molar refractivity (Wildman–Crippen MR) is 125 cm³/mol. The van der Waals surface area contributed by atoms with Crippen LogP contribution in [0.25, 0.3) is 0 Å². The van der Waals surface area contributed by atoms with Crippen LogP contribution in [0, 0.1) is 5.82 Å². The number of ether oxygens (including phenoxy) is 2. The van der Waals surface area contributed by atoms with Crippen LogP contribution in [0.3, 0.4) is 0 Å². The summed E-state index contributed by atoms with van der Waals surface area (Å²) in [6.45, 7) is 0.153. The van der Waals surface area contributed by atoms with Crippen LogP contribution in [-0.4, -0.2) is 46.6 Å². The van der Waals surface area contributed by atoms with Gasteiger partial charge in [-0.15, -0.1) is 0 Å². The summed E-state index contributed by atoms with van der Waals surface area (Å²) in [4.78, 5) is 0.139. The molecule has 0 amide bonds. The highest BCUT2D eigenvalue weighted by Crippen LogP contribution is 2.32. The number of hydrogen-bond acceptors (Lipinski definition) is 6. The third-order valence-electron chi connectivity index (χ3n) is 5.74. The quantitative estimate of drug-likeness (QED) is 0.446. The SMILES string of the molecule is COc1ccccc1Oc1ccc(S(=O)(=O)N2CCC(S(=O)(=O)c3ccc(F)cc3)CC2)cc1. The molecule has 10 heteroatoms. The molecular weight excluding hydrogens is 481 g/mol. The van der Waals surface area contributed by atoms with Gasteiger partial charge in [0.15, 0.2) is 21.3 Å². The summed E-state index contributed by atoms with van der Waals surface area (Å²) in [5.41, 5.74) is 0. The van der Waals surface area contributed by atoms with E-state index in [0.29, 0.717) is 17.2 Å². The monoisotopic (exact) mass is 505 g/mol. The number of piperidine rings is 1. The molecule has 1 saturated heterocycles. The number of sulfonamides is 1. The first-order valence-electron chi connectivity index (χ1n) is 10.6. The molecule has 1 fully saturated rings.